The summed E-state index contributed by atoms with van der Waals surface area (Å²) < 4.78 is 8.55. The van der Waals surface area contributed by atoms with E-state index in [2.05, 4.69) is 0 Å². The van der Waals surface area contributed by atoms with Gasteiger partial charge in [0, 0.05) is 0 Å². The van der Waals surface area contributed by atoms with E-state index in [-0.39, 0.29) is 43.4 Å². The first-order chi connectivity index (χ1) is 2.00. The monoisotopic (exact) mass is 170 g/mol. The van der Waals surface area contributed by atoms with E-state index in [1.807, 2.05) is 0 Å². The molecule has 0 aliphatic carbocycles. The van der Waals surface area contributed by atoms with E-state index in [0.29, 0.717) is 0 Å². The summed E-state index contributed by atoms with van der Waals surface area (Å²) >= 11 is 0. The fourth-order valence-corrected chi connectivity index (χ4v) is 0. The zero-order valence-electron chi connectivity index (χ0n) is 3.93. The molecule has 0 fully saturated rings. The molecule has 0 saturated heterocycles. The van der Waals surface area contributed by atoms with Crippen LogP contribution in [0.25, 0.3) is 0 Å². The Balaban J connectivity index is -0.0000000267. The molecule has 0 atom stereocenters. The molecule has 0 aliphatic heterocycles. The Hall–Kier alpha value is 1.23. The third-order valence-corrected chi connectivity index (χ3v) is 0. The fourth-order valence-electron chi connectivity index (χ4n) is 0. The van der Waals surface area contributed by atoms with Crippen LogP contribution < -0.4 is 33.5 Å². The number of phosphoric acid groups is 1. The zero-order chi connectivity index (χ0) is 4.50. The quantitative estimate of drug-likeness (QED) is 0.267. The molecule has 4 nitrogen and oxygen atoms in total. The predicted octanol–water partition coefficient (Wildman–Crippen LogP) is -5.74. The number of hydrogen-bond acceptors (Lipinski definition) is 4. The Morgan fingerprint density at radius 1 is 1.12 bits per heavy atom. The van der Waals surface area contributed by atoms with E-state index >= 15 is 0 Å². The summed E-state index contributed by atoms with van der Waals surface area (Å²) in [6, 6.07) is 0. The maximum absolute atomic E-state index is 8.55. The Bertz CT molecular complexity index is 62.2. The third kappa shape index (κ3) is 186. The van der Waals surface area contributed by atoms with Crippen LogP contribution in [-0.4, -0.2) is 0 Å². The number of hydrogen-bond donors (Lipinski definition) is 0. The van der Waals surface area contributed by atoms with Crippen molar-refractivity contribution in [1.82, 2.24) is 0 Å². The molecule has 8 heavy (non-hydrogen) atoms. The van der Waals surface area contributed by atoms with Gasteiger partial charge in [-0.15, -0.1) is 0 Å². The molecule has 0 radical (unpaired) electrons. The first-order valence-electron chi connectivity index (χ1n) is 0.730. The maximum atomic E-state index is 8.55. The van der Waals surface area contributed by atoms with Crippen LogP contribution in [0.1, 0.15) is 0 Å². The third-order valence-electron chi connectivity index (χ3n) is 0. The minimum Gasteiger partial charge on any atom is -0.822 e. The second-order valence-corrected chi connectivity index (χ2v) is 1.34. The summed E-state index contributed by atoms with van der Waals surface area (Å²) in [5.74, 6) is 0. The van der Waals surface area contributed by atoms with Crippen LogP contribution in [0.15, 0.2) is 0 Å². The van der Waals surface area contributed by atoms with Crippen LogP contribution in [0.5, 0.6) is 0 Å². The molecule has 0 rings (SSSR count). The zero-order valence-corrected chi connectivity index (χ0v) is 5.93. The van der Waals surface area contributed by atoms with E-state index < -0.39 is 7.82 Å². The Labute approximate surface area is 70.6 Å². The summed E-state index contributed by atoms with van der Waals surface area (Å²) in [6.07, 6.45) is 0. The maximum Gasteiger partial charge on any atom is 4.00 e. The molecule has 0 saturated carbocycles. The SMILES string of the molecule is O=P([O-])([O-])[O-].[C+4].[Fe+2].[Li+]. The molecule has 0 spiro atoms. The summed E-state index contributed by atoms with van der Waals surface area (Å²) in [5.41, 5.74) is 0. The summed E-state index contributed by atoms with van der Waals surface area (Å²) in [6.45, 7) is 0. The van der Waals surface area contributed by atoms with E-state index in [1.165, 1.54) is 0 Å². The van der Waals surface area contributed by atoms with Crippen molar-refractivity contribution < 1.29 is 55.2 Å². The Morgan fingerprint density at radius 2 is 1.12 bits per heavy atom. The predicted molar refractivity (Wildman–Crippen MR) is 10.8 cm³/mol. The van der Waals surface area contributed by atoms with Crippen molar-refractivity contribution in [1.29, 1.82) is 0 Å². The van der Waals surface area contributed by atoms with E-state index in [4.69, 9.17) is 19.2 Å². The largest absolute Gasteiger partial charge is 4.00 e. The molecule has 0 aromatic heterocycles. The molecule has 0 N–H and O–H groups in total. The topological polar surface area (TPSA) is 86.2 Å². The Kier molecular flexibility index (Phi) is 23.5. The van der Waals surface area contributed by atoms with Crippen molar-refractivity contribution in [2.75, 3.05) is 0 Å². The van der Waals surface area contributed by atoms with Gasteiger partial charge in [-0.3, -0.25) is 0 Å². The molecular weight excluding hydrogens is 170 g/mol. The van der Waals surface area contributed by atoms with Gasteiger partial charge in [-0.05, 0) is 0 Å². The van der Waals surface area contributed by atoms with E-state index in [0.717, 1.165) is 0 Å². The molecule has 0 aliphatic rings. The molecule has 0 heterocycles. The van der Waals surface area contributed by atoms with Gasteiger partial charge in [0.15, 0.2) is 0 Å². The fraction of sp³-hybridized carbons (Fsp3) is 0. The van der Waals surface area contributed by atoms with E-state index in [9.17, 15) is 0 Å². The smallest absolute Gasteiger partial charge is 0.822 e. The van der Waals surface area contributed by atoms with Crippen LogP contribution in [0.3, 0.4) is 0 Å². The van der Waals surface area contributed by atoms with Gasteiger partial charge >= 0.3 is 43.4 Å². The van der Waals surface area contributed by atoms with Gasteiger partial charge in [-0.2, -0.15) is 7.82 Å². The summed E-state index contributed by atoms with van der Waals surface area (Å²) in [5, 5.41) is 0. The second kappa shape index (κ2) is 8.23. The van der Waals surface area contributed by atoms with E-state index in [1.54, 1.807) is 0 Å². The number of rotatable bonds is 0. The van der Waals surface area contributed by atoms with Gasteiger partial charge in [0.2, 0.25) is 0 Å². The summed E-state index contributed by atoms with van der Waals surface area (Å²) in [7, 11) is -5.39. The van der Waals surface area contributed by atoms with Crippen molar-refractivity contribution in [2.45, 2.75) is 0 Å². The standard InChI is InChI=1S/C.Fe.Li.H3O4P/c;;;1-5(2,3)4/h;;;(H3,1,2,3,4)/q+4;+2;+1;/p-3. The van der Waals surface area contributed by atoms with Crippen molar-refractivity contribution in [3.8, 4) is 0 Å². The molecule has 0 aromatic rings. The molecule has 0 unspecified atom stereocenters. The minimum atomic E-state index is -5.39. The molecule has 0 amide bonds. The normalized spacial score (nSPS) is 7.38. The van der Waals surface area contributed by atoms with Crippen molar-refractivity contribution in [2.24, 2.45) is 0 Å². The molecule has 0 bridgehead atoms. The van der Waals surface area contributed by atoms with Crippen LogP contribution >= 0.6 is 7.82 Å². The van der Waals surface area contributed by atoms with Crippen LogP contribution in [0, 0.1) is 7.43 Å². The Morgan fingerprint density at radius 3 is 1.12 bits per heavy atom. The average Bonchev–Trinajstić information content (AvgIpc) is 0.722. The van der Waals surface area contributed by atoms with Gasteiger partial charge in [0.05, 0.1) is 0 Å². The first-order valence-corrected chi connectivity index (χ1v) is 2.19. The van der Waals surface area contributed by atoms with Crippen molar-refractivity contribution >= 4 is 7.82 Å². The van der Waals surface area contributed by atoms with Crippen LogP contribution in [0.4, 0.5) is 0 Å². The average molecular weight is 170 g/mol. The molecule has 0 aromatic carbocycles. The molecular formula is CFeLiO4P+4. The van der Waals surface area contributed by atoms with Crippen molar-refractivity contribution in [3.63, 3.8) is 0 Å². The minimum absolute atomic E-state index is 0. The van der Waals surface area contributed by atoms with Gasteiger partial charge in [-0.25, -0.2) is 0 Å². The first kappa shape index (κ1) is 22.9. The van der Waals surface area contributed by atoms with Gasteiger partial charge < -0.3 is 19.2 Å². The van der Waals surface area contributed by atoms with Gasteiger partial charge in [0.1, 0.15) is 0 Å². The molecule has 7 heteroatoms. The van der Waals surface area contributed by atoms with Gasteiger partial charge in [0.25, 0.3) is 0 Å². The second-order valence-electron chi connectivity index (χ2n) is 0.447. The van der Waals surface area contributed by atoms with Crippen molar-refractivity contribution in [3.05, 3.63) is 7.43 Å². The van der Waals surface area contributed by atoms with Gasteiger partial charge in [-0.1, -0.05) is 0 Å². The summed E-state index contributed by atoms with van der Waals surface area (Å²) in [4.78, 5) is 25.6. The van der Waals surface area contributed by atoms with Crippen LogP contribution in [0.2, 0.25) is 0 Å². The van der Waals surface area contributed by atoms with Crippen LogP contribution in [-0.2, 0) is 21.6 Å². The molecule has 38 valence electrons.